The van der Waals surface area contributed by atoms with Crippen molar-refractivity contribution in [1.29, 1.82) is 0 Å². The predicted octanol–water partition coefficient (Wildman–Crippen LogP) is 3.35. The van der Waals surface area contributed by atoms with Crippen LogP contribution in [0.4, 0.5) is 11.4 Å². The summed E-state index contributed by atoms with van der Waals surface area (Å²) in [4.78, 5) is 14.5. The van der Waals surface area contributed by atoms with Crippen LogP contribution in [0.1, 0.15) is 20.3 Å². The maximum absolute atomic E-state index is 11.0. The Hall–Kier alpha value is -2.17. The molecular formula is C13H15N3O2. The van der Waals surface area contributed by atoms with Gasteiger partial charge in [-0.2, -0.15) is 0 Å². The monoisotopic (exact) mass is 245 g/mol. The molecule has 1 heterocycles. The van der Waals surface area contributed by atoms with Crippen LogP contribution in [0, 0.1) is 10.1 Å². The van der Waals surface area contributed by atoms with Gasteiger partial charge in [-0.3, -0.25) is 15.1 Å². The smallest absolute Gasteiger partial charge is 0.278 e. The Labute approximate surface area is 105 Å². The fourth-order valence-corrected chi connectivity index (χ4v) is 1.83. The molecule has 0 radical (unpaired) electrons. The van der Waals surface area contributed by atoms with Crippen LogP contribution in [0.3, 0.4) is 0 Å². The molecule has 2 aromatic rings. The number of fused-ring (bicyclic) bond motifs is 1. The largest absolute Gasteiger partial charge is 0.382 e. The van der Waals surface area contributed by atoms with Crippen molar-refractivity contribution in [2.45, 2.75) is 26.3 Å². The van der Waals surface area contributed by atoms with Crippen molar-refractivity contribution >= 4 is 22.1 Å². The quantitative estimate of drug-likeness (QED) is 0.662. The SMILES string of the molecule is CCC(C)Nc1ccc([N+](=O)[O-])c2cnccc12. The number of aromatic nitrogens is 1. The zero-order valence-electron chi connectivity index (χ0n) is 10.4. The minimum Gasteiger partial charge on any atom is -0.382 e. The molecule has 0 bridgehead atoms. The summed E-state index contributed by atoms with van der Waals surface area (Å²) < 4.78 is 0. The van der Waals surface area contributed by atoms with E-state index in [0.29, 0.717) is 11.4 Å². The number of rotatable bonds is 4. The standard InChI is InChI=1S/C13H15N3O2/c1-3-9(2)15-12-4-5-13(16(17)18)11-8-14-7-6-10(11)12/h4-9,15H,3H2,1-2H3. The van der Waals surface area contributed by atoms with E-state index in [1.165, 1.54) is 12.3 Å². The van der Waals surface area contributed by atoms with Crippen molar-refractivity contribution in [3.63, 3.8) is 0 Å². The van der Waals surface area contributed by atoms with E-state index in [1.54, 1.807) is 18.3 Å². The predicted molar refractivity (Wildman–Crippen MR) is 71.8 cm³/mol. The molecule has 0 spiro atoms. The van der Waals surface area contributed by atoms with Gasteiger partial charge in [-0.25, -0.2) is 0 Å². The van der Waals surface area contributed by atoms with Gasteiger partial charge in [-0.1, -0.05) is 6.92 Å². The van der Waals surface area contributed by atoms with Crippen molar-refractivity contribution in [3.8, 4) is 0 Å². The summed E-state index contributed by atoms with van der Waals surface area (Å²) in [5.41, 5.74) is 1.00. The molecule has 5 nitrogen and oxygen atoms in total. The second-order valence-electron chi connectivity index (χ2n) is 4.26. The molecule has 1 atom stereocenters. The number of nitro groups is 1. The van der Waals surface area contributed by atoms with Crippen LogP contribution in [0.2, 0.25) is 0 Å². The Kier molecular flexibility index (Phi) is 3.41. The maximum Gasteiger partial charge on any atom is 0.278 e. The minimum absolute atomic E-state index is 0.0906. The molecule has 0 saturated heterocycles. The van der Waals surface area contributed by atoms with Gasteiger partial charge in [-0.05, 0) is 25.5 Å². The second kappa shape index (κ2) is 5.00. The Balaban J connectivity index is 2.57. The summed E-state index contributed by atoms with van der Waals surface area (Å²) in [5, 5.41) is 15.7. The molecule has 0 saturated carbocycles. The van der Waals surface area contributed by atoms with E-state index in [-0.39, 0.29) is 10.6 Å². The topological polar surface area (TPSA) is 68.1 Å². The first-order chi connectivity index (χ1) is 8.63. The van der Waals surface area contributed by atoms with Crippen molar-refractivity contribution in [2.24, 2.45) is 0 Å². The number of hydrogen-bond acceptors (Lipinski definition) is 4. The highest BCUT2D eigenvalue weighted by Gasteiger charge is 2.14. The molecule has 2 rings (SSSR count). The number of anilines is 1. The molecule has 94 valence electrons. The van der Waals surface area contributed by atoms with Gasteiger partial charge in [0.1, 0.15) is 0 Å². The highest BCUT2D eigenvalue weighted by molar-refractivity contribution is 5.99. The lowest BCUT2D eigenvalue weighted by atomic mass is 10.1. The van der Waals surface area contributed by atoms with Crippen LogP contribution < -0.4 is 5.32 Å². The van der Waals surface area contributed by atoms with E-state index < -0.39 is 0 Å². The molecular weight excluding hydrogens is 230 g/mol. The number of pyridine rings is 1. The van der Waals surface area contributed by atoms with E-state index >= 15 is 0 Å². The Morgan fingerprint density at radius 3 is 2.83 bits per heavy atom. The molecule has 0 aliphatic carbocycles. The molecule has 1 N–H and O–H groups in total. The number of nitrogens with one attached hydrogen (secondary N) is 1. The van der Waals surface area contributed by atoms with Crippen LogP contribution in [-0.2, 0) is 0 Å². The van der Waals surface area contributed by atoms with Gasteiger partial charge < -0.3 is 5.32 Å². The van der Waals surface area contributed by atoms with Gasteiger partial charge in [0.2, 0.25) is 0 Å². The van der Waals surface area contributed by atoms with E-state index in [1.807, 2.05) is 0 Å². The first-order valence-corrected chi connectivity index (χ1v) is 5.91. The van der Waals surface area contributed by atoms with Crippen LogP contribution in [0.15, 0.2) is 30.6 Å². The average molecular weight is 245 g/mol. The first-order valence-electron chi connectivity index (χ1n) is 5.91. The van der Waals surface area contributed by atoms with E-state index in [4.69, 9.17) is 0 Å². The van der Waals surface area contributed by atoms with Gasteiger partial charge in [0.15, 0.2) is 0 Å². The van der Waals surface area contributed by atoms with Crippen LogP contribution in [0.5, 0.6) is 0 Å². The first kappa shape index (κ1) is 12.3. The van der Waals surface area contributed by atoms with Gasteiger partial charge in [0.05, 0.1) is 10.3 Å². The van der Waals surface area contributed by atoms with E-state index in [9.17, 15) is 10.1 Å². The summed E-state index contributed by atoms with van der Waals surface area (Å²) in [6, 6.07) is 5.40. The molecule has 5 heteroatoms. The van der Waals surface area contributed by atoms with E-state index in [0.717, 1.165) is 17.5 Å². The number of hydrogen-bond donors (Lipinski definition) is 1. The molecule has 0 aliphatic heterocycles. The molecule has 1 aromatic carbocycles. The molecule has 0 aliphatic rings. The second-order valence-corrected chi connectivity index (χ2v) is 4.26. The van der Waals surface area contributed by atoms with Crippen molar-refractivity contribution in [3.05, 3.63) is 40.7 Å². The Morgan fingerprint density at radius 2 is 2.17 bits per heavy atom. The van der Waals surface area contributed by atoms with Crippen molar-refractivity contribution < 1.29 is 4.92 Å². The fraction of sp³-hybridized carbons (Fsp3) is 0.308. The number of benzene rings is 1. The summed E-state index contributed by atoms with van der Waals surface area (Å²) >= 11 is 0. The molecule has 1 unspecified atom stereocenters. The van der Waals surface area contributed by atoms with Crippen molar-refractivity contribution in [2.75, 3.05) is 5.32 Å². The van der Waals surface area contributed by atoms with Gasteiger partial charge in [0.25, 0.3) is 5.69 Å². The summed E-state index contributed by atoms with van der Waals surface area (Å²) in [5.74, 6) is 0. The Bertz CT molecular complexity index is 583. The zero-order chi connectivity index (χ0) is 13.1. The molecule has 0 fully saturated rings. The van der Waals surface area contributed by atoms with E-state index in [2.05, 4.69) is 24.1 Å². The maximum atomic E-state index is 11.0. The molecule has 1 aromatic heterocycles. The van der Waals surface area contributed by atoms with Gasteiger partial charge >= 0.3 is 0 Å². The molecule has 0 amide bonds. The lowest BCUT2D eigenvalue weighted by Gasteiger charge is -2.15. The number of nitrogens with zero attached hydrogens (tertiary/aromatic N) is 2. The van der Waals surface area contributed by atoms with Crippen LogP contribution in [0.25, 0.3) is 10.8 Å². The van der Waals surface area contributed by atoms with Gasteiger partial charge in [0, 0.05) is 35.6 Å². The minimum atomic E-state index is -0.378. The highest BCUT2D eigenvalue weighted by Crippen LogP contribution is 2.31. The van der Waals surface area contributed by atoms with Crippen LogP contribution in [-0.4, -0.2) is 15.9 Å². The lowest BCUT2D eigenvalue weighted by Crippen LogP contribution is -2.13. The van der Waals surface area contributed by atoms with Gasteiger partial charge in [-0.15, -0.1) is 0 Å². The summed E-state index contributed by atoms with van der Waals surface area (Å²) in [7, 11) is 0. The van der Waals surface area contributed by atoms with Crippen LogP contribution >= 0.6 is 0 Å². The highest BCUT2D eigenvalue weighted by atomic mass is 16.6. The summed E-state index contributed by atoms with van der Waals surface area (Å²) in [6.45, 7) is 4.17. The third-order valence-corrected chi connectivity index (χ3v) is 3.01. The third-order valence-electron chi connectivity index (χ3n) is 3.01. The van der Waals surface area contributed by atoms with Crippen molar-refractivity contribution in [1.82, 2.24) is 4.98 Å². The normalized spacial score (nSPS) is 12.3. The number of nitro benzene ring substituents is 1. The third kappa shape index (κ3) is 2.25. The zero-order valence-corrected chi connectivity index (χ0v) is 10.4. The fourth-order valence-electron chi connectivity index (χ4n) is 1.83. The molecule has 18 heavy (non-hydrogen) atoms. The summed E-state index contributed by atoms with van der Waals surface area (Å²) in [6.07, 6.45) is 4.17. The number of non-ortho nitro benzene ring substituents is 1. The Morgan fingerprint density at radius 1 is 1.39 bits per heavy atom. The lowest BCUT2D eigenvalue weighted by molar-refractivity contribution is -0.383. The average Bonchev–Trinajstić information content (AvgIpc) is 2.38.